The second-order valence-corrected chi connectivity index (χ2v) is 6.28. The molecule has 0 saturated heterocycles. The molecule has 0 atom stereocenters. The normalized spacial score (nSPS) is 10.7. The number of H-pyrrole nitrogens is 1. The van der Waals surface area contributed by atoms with Gasteiger partial charge in [-0.1, -0.05) is 24.6 Å². The van der Waals surface area contributed by atoms with Gasteiger partial charge in [0.1, 0.15) is 10.7 Å². The molecule has 0 unspecified atom stereocenters. The topological polar surface area (TPSA) is 85.5 Å². The van der Waals surface area contributed by atoms with Crippen LogP contribution in [0.2, 0.25) is 5.02 Å². The minimum atomic E-state index is -0.480. The highest BCUT2D eigenvalue weighted by Gasteiger charge is 2.15. The number of hydrogen-bond acceptors (Lipinski definition) is 6. The molecular formula is C18H24ClN3O4. The van der Waals surface area contributed by atoms with Crippen LogP contribution in [-0.4, -0.2) is 30.0 Å². The van der Waals surface area contributed by atoms with Crippen molar-refractivity contribution in [3.05, 3.63) is 39.1 Å². The average molecular weight is 382 g/mol. The van der Waals surface area contributed by atoms with Crippen molar-refractivity contribution in [1.29, 1.82) is 0 Å². The Morgan fingerprint density at radius 3 is 2.73 bits per heavy atom. The molecule has 0 aliphatic heterocycles. The SMILES string of the molecule is CCCOc1cc(CNc2c(OC(C)C)n[nH]c(=O)c2Cl)ccc1OC. The second kappa shape index (κ2) is 9.33. The van der Waals surface area contributed by atoms with Gasteiger partial charge in [-0.15, -0.1) is 5.10 Å². The Morgan fingerprint density at radius 1 is 1.31 bits per heavy atom. The Morgan fingerprint density at radius 2 is 2.08 bits per heavy atom. The minimum Gasteiger partial charge on any atom is -0.493 e. The lowest BCUT2D eigenvalue weighted by Gasteiger charge is -2.16. The maximum absolute atomic E-state index is 11.8. The summed E-state index contributed by atoms with van der Waals surface area (Å²) in [5, 5.41) is 9.38. The molecule has 1 aromatic heterocycles. The van der Waals surface area contributed by atoms with Gasteiger partial charge < -0.3 is 19.5 Å². The summed E-state index contributed by atoms with van der Waals surface area (Å²) in [6.45, 7) is 6.78. The minimum absolute atomic E-state index is 0.00613. The van der Waals surface area contributed by atoms with Gasteiger partial charge in [0, 0.05) is 6.54 Å². The van der Waals surface area contributed by atoms with E-state index in [-0.39, 0.29) is 17.0 Å². The Hall–Kier alpha value is -2.41. The van der Waals surface area contributed by atoms with E-state index in [1.165, 1.54) is 0 Å². The molecule has 0 aliphatic rings. The lowest BCUT2D eigenvalue weighted by atomic mass is 10.2. The van der Waals surface area contributed by atoms with E-state index >= 15 is 0 Å². The predicted octanol–water partition coefficient (Wildman–Crippen LogP) is 3.62. The molecule has 0 aliphatic carbocycles. The molecular weight excluding hydrogens is 358 g/mol. The van der Waals surface area contributed by atoms with Gasteiger partial charge in [-0.05, 0) is 38.0 Å². The molecule has 0 fully saturated rings. The Kier molecular flexibility index (Phi) is 7.15. The highest BCUT2D eigenvalue weighted by molar-refractivity contribution is 6.33. The van der Waals surface area contributed by atoms with Crippen LogP contribution >= 0.6 is 11.6 Å². The molecule has 0 saturated carbocycles. The number of anilines is 1. The number of hydrogen-bond donors (Lipinski definition) is 2. The molecule has 2 aromatic rings. The standard InChI is InChI=1S/C18H24ClN3O4/c1-5-8-25-14-9-12(6-7-13(14)24-4)10-20-16-15(19)17(23)21-22-18(16)26-11(2)3/h6-7,9,11H,5,8,10H2,1-4H3,(H2,20,21,23). The van der Waals surface area contributed by atoms with Crippen LogP contribution < -0.4 is 25.1 Å². The van der Waals surface area contributed by atoms with Gasteiger partial charge in [-0.2, -0.15) is 0 Å². The lowest BCUT2D eigenvalue weighted by molar-refractivity contribution is 0.231. The third-order valence-electron chi connectivity index (χ3n) is 3.40. The molecule has 0 spiro atoms. The molecule has 1 aromatic carbocycles. The summed E-state index contributed by atoms with van der Waals surface area (Å²) < 4.78 is 16.6. The fraction of sp³-hybridized carbons (Fsp3) is 0.444. The number of aromatic amines is 1. The van der Waals surface area contributed by atoms with Crippen LogP contribution in [0.3, 0.4) is 0 Å². The first-order valence-corrected chi connectivity index (χ1v) is 8.82. The van der Waals surface area contributed by atoms with Gasteiger partial charge in [0.15, 0.2) is 11.5 Å². The fourth-order valence-electron chi connectivity index (χ4n) is 2.22. The van der Waals surface area contributed by atoms with E-state index in [0.29, 0.717) is 30.3 Å². The summed E-state index contributed by atoms with van der Waals surface area (Å²) in [5.41, 5.74) is 0.812. The molecule has 8 heteroatoms. The zero-order chi connectivity index (χ0) is 19.1. The van der Waals surface area contributed by atoms with Crippen LogP contribution in [0.1, 0.15) is 32.8 Å². The Labute approximate surface area is 157 Å². The molecule has 2 N–H and O–H groups in total. The van der Waals surface area contributed by atoms with Crippen molar-refractivity contribution < 1.29 is 14.2 Å². The summed E-state index contributed by atoms with van der Waals surface area (Å²) in [7, 11) is 1.60. The van der Waals surface area contributed by atoms with Crippen LogP contribution in [0, 0.1) is 0 Å². The van der Waals surface area contributed by atoms with Crippen molar-refractivity contribution in [1.82, 2.24) is 10.2 Å². The van der Waals surface area contributed by atoms with E-state index in [9.17, 15) is 4.79 Å². The molecule has 1 heterocycles. The zero-order valence-corrected chi connectivity index (χ0v) is 16.1. The van der Waals surface area contributed by atoms with Crippen LogP contribution in [0.25, 0.3) is 0 Å². The van der Waals surface area contributed by atoms with Crippen LogP contribution in [0.5, 0.6) is 17.4 Å². The van der Waals surface area contributed by atoms with Crippen LogP contribution in [-0.2, 0) is 6.54 Å². The summed E-state index contributed by atoms with van der Waals surface area (Å²) in [5.74, 6) is 1.59. The lowest BCUT2D eigenvalue weighted by Crippen LogP contribution is -2.17. The number of aromatic nitrogens is 2. The molecule has 2 rings (SSSR count). The van der Waals surface area contributed by atoms with Gasteiger partial charge >= 0.3 is 0 Å². The number of benzene rings is 1. The third-order valence-corrected chi connectivity index (χ3v) is 3.76. The van der Waals surface area contributed by atoms with E-state index in [0.717, 1.165) is 12.0 Å². The van der Waals surface area contributed by atoms with Gasteiger partial charge in [0.05, 0.1) is 19.8 Å². The number of methoxy groups -OCH3 is 1. The summed E-state index contributed by atoms with van der Waals surface area (Å²) in [6, 6.07) is 5.63. The first kappa shape index (κ1) is 19.9. The fourth-order valence-corrected chi connectivity index (χ4v) is 2.41. The molecule has 26 heavy (non-hydrogen) atoms. The number of rotatable bonds is 9. The van der Waals surface area contributed by atoms with Gasteiger partial charge in [0.2, 0.25) is 0 Å². The van der Waals surface area contributed by atoms with Crippen molar-refractivity contribution >= 4 is 17.3 Å². The molecule has 0 amide bonds. The summed E-state index contributed by atoms with van der Waals surface area (Å²) in [4.78, 5) is 11.8. The number of nitrogens with zero attached hydrogens (tertiary/aromatic N) is 1. The Bertz CT molecular complexity index is 792. The number of halogens is 1. The van der Waals surface area contributed by atoms with Crippen molar-refractivity contribution in [3.8, 4) is 17.4 Å². The molecule has 7 nitrogen and oxygen atoms in total. The highest BCUT2D eigenvalue weighted by atomic mass is 35.5. The monoisotopic (exact) mass is 381 g/mol. The first-order chi connectivity index (χ1) is 12.5. The first-order valence-electron chi connectivity index (χ1n) is 8.44. The third kappa shape index (κ3) is 5.05. The van der Waals surface area contributed by atoms with E-state index in [1.54, 1.807) is 7.11 Å². The number of nitrogens with one attached hydrogen (secondary N) is 2. The smallest absolute Gasteiger partial charge is 0.285 e. The molecule has 0 radical (unpaired) electrons. The zero-order valence-electron chi connectivity index (χ0n) is 15.4. The Balaban J connectivity index is 2.23. The van der Waals surface area contributed by atoms with Crippen LogP contribution in [0.15, 0.2) is 23.0 Å². The largest absolute Gasteiger partial charge is 0.493 e. The summed E-state index contributed by atoms with van der Waals surface area (Å²) in [6.07, 6.45) is 0.787. The number of ether oxygens (including phenoxy) is 3. The average Bonchev–Trinajstić information content (AvgIpc) is 2.62. The van der Waals surface area contributed by atoms with Crippen molar-refractivity contribution in [2.45, 2.75) is 39.8 Å². The highest BCUT2D eigenvalue weighted by Crippen LogP contribution is 2.31. The molecule has 142 valence electrons. The van der Waals surface area contributed by atoms with E-state index in [2.05, 4.69) is 15.5 Å². The van der Waals surface area contributed by atoms with Gasteiger partial charge in [0.25, 0.3) is 11.4 Å². The quantitative estimate of drug-likeness (QED) is 0.690. The van der Waals surface area contributed by atoms with Gasteiger partial charge in [-0.3, -0.25) is 4.79 Å². The van der Waals surface area contributed by atoms with E-state index in [1.807, 2.05) is 39.0 Å². The maximum Gasteiger partial charge on any atom is 0.285 e. The second-order valence-electron chi connectivity index (χ2n) is 5.90. The van der Waals surface area contributed by atoms with E-state index < -0.39 is 5.56 Å². The van der Waals surface area contributed by atoms with Crippen molar-refractivity contribution in [3.63, 3.8) is 0 Å². The van der Waals surface area contributed by atoms with E-state index in [4.69, 9.17) is 25.8 Å². The molecule has 0 bridgehead atoms. The predicted molar refractivity (Wildman–Crippen MR) is 102 cm³/mol. The maximum atomic E-state index is 11.8. The van der Waals surface area contributed by atoms with Crippen molar-refractivity contribution in [2.24, 2.45) is 0 Å². The summed E-state index contributed by atoms with van der Waals surface area (Å²) >= 11 is 6.12. The van der Waals surface area contributed by atoms with Gasteiger partial charge in [-0.25, -0.2) is 5.10 Å². The van der Waals surface area contributed by atoms with Crippen molar-refractivity contribution in [2.75, 3.05) is 19.0 Å². The van der Waals surface area contributed by atoms with Crippen LogP contribution in [0.4, 0.5) is 5.69 Å².